The lowest BCUT2D eigenvalue weighted by Crippen LogP contribution is -2.34. The summed E-state index contributed by atoms with van der Waals surface area (Å²) in [4.78, 5) is 4.11. The van der Waals surface area contributed by atoms with Gasteiger partial charge in [0.15, 0.2) is 0 Å². The second kappa shape index (κ2) is 3.89. The fraction of sp³-hybridized carbons (Fsp3) is 0.667. The van der Waals surface area contributed by atoms with Crippen molar-refractivity contribution in [2.24, 2.45) is 5.73 Å². The maximum absolute atomic E-state index is 9.88. The van der Waals surface area contributed by atoms with Crippen LogP contribution in [0.3, 0.4) is 0 Å². The number of nitrogens with zero attached hydrogens (tertiary/aromatic N) is 2. The summed E-state index contributed by atoms with van der Waals surface area (Å²) >= 11 is 0. The van der Waals surface area contributed by atoms with Crippen LogP contribution in [0.2, 0.25) is 0 Å². The number of nitrogens with two attached hydrogens (primary N) is 1. The van der Waals surface area contributed by atoms with Crippen LogP contribution < -0.4 is 5.73 Å². The van der Waals surface area contributed by atoms with Crippen LogP contribution in [-0.2, 0) is 12.1 Å². The Morgan fingerprint density at radius 3 is 2.92 bits per heavy atom. The molecule has 0 fully saturated rings. The van der Waals surface area contributed by atoms with Crippen molar-refractivity contribution in [3.63, 3.8) is 0 Å². The Balaban J connectivity index is 2.93. The van der Waals surface area contributed by atoms with E-state index in [4.69, 9.17) is 5.73 Å². The number of imidazole rings is 1. The van der Waals surface area contributed by atoms with E-state index in [1.54, 1.807) is 13.1 Å². The van der Waals surface area contributed by atoms with Gasteiger partial charge in [-0.15, -0.1) is 0 Å². The number of hydrogen-bond donors (Lipinski definition) is 2. The summed E-state index contributed by atoms with van der Waals surface area (Å²) in [6.07, 6.45) is 4.57. The normalized spacial score (nSPS) is 15.7. The minimum Gasteiger partial charge on any atom is -0.381 e. The second-order valence-corrected chi connectivity index (χ2v) is 3.42. The van der Waals surface area contributed by atoms with E-state index in [9.17, 15) is 5.11 Å². The van der Waals surface area contributed by atoms with Gasteiger partial charge in [0.25, 0.3) is 0 Å². The summed E-state index contributed by atoms with van der Waals surface area (Å²) in [6.45, 7) is 4.82. The van der Waals surface area contributed by atoms with Crippen LogP contribution in [0.1, 0.15) is 26.1 Å². The van der Waals surface area contributed by atoms with Crippen LogP contribution in [0.5, 0.6) is 0 Å². The van der Waals surface area contributed by atoms with Crippen molar-refractivity contribution in [1.82, 2.24) is 9.55 Å². The topological polar surface area (TPSA) is 64.1 Å². The number of aromatic nitrogens is 2. The van der Waals surface area contributed by atoms with Crippen LogP contribution in [0, 0.1) is 0 Å². The molecule has 0 aromatic carbocycles. The van der Waals surface area contributed by atoms with E-state index >= 15 is 0 Å². The molecule has 0 aliphatic carbocycles. The molecule has 1 heterocycles. The fourth-order valence-electron chi connectivity index (χ4n) is 1.29. The number of hydrogen-bond acceptors (Lipinski definition) is 3. The van der Waals surface area contributed by atoms with E-state index in [1.165, 1.54) is 0 Å². The molecule has 3 N–H and O–H groups in total. The number of rotatable bonds is 4. The Hall–Kier alpha value is -0.870. The van der Waals surface area contributed by atoms with Gasteiger partial charge in [0.05, 0.1) is 0 Å². The molecule has 0 aliphatic heterocycles. The molecule has 0 amide bonds. The van der Waals surface area contributed by atoms with Crippen LogP contribution in [0.15, 0.2) is 12.4 Å². The van der Waals surface area contributed by atoms with Gasteiger partial charge in [-0.05, 0) is 13.3 Å². The summed E-state index contributed by atoms with van der Waals surface area (Å²) < 4.78 is 1.94. The quantitative estimate of drug-likeness (QED) is 0.712. The smallest absolute Gasteiger partial charge is 0.141 e. The molecule has 0 aliphatic rings. The highest BCUT2D eigenvalue weighted by molar-refractivity contribution is 5.03. The second-order valence-electron chi connectivity index (χ2n) is 3.42. The fourth-order valence-corrected chi connectivity index (χ4v) is 1.29. The predicted octanol–water partition coefficient (Wildman–Crippen LogP) is 0.459. The molecule has 4 heteroatoms. The summed E-state index contributed by atoms with van der Waals surface area (Å²) in [5.74, 6) is 0.650. The third-order valence-electron chi connectivity index (χ3n) is 2.06. The Kier molecular flexibility index (Phi) is 3.06. The van der Waals surface area contributed by atoms with Gasteiger partial charge in [-0.2, -0.15) is 0 Å². The largest absolute Gasteiger partial charge is 0.381 e. The molecule has 4 nitrogen and oxygen atoms in total. The molecule has 0 spiro atoms. The molecule has 1 atom stereocenters. The highest BCUT2D eigenvalue weighted by Gasteiger charge is 2.25. The first-order valence-electron chi connectivity index (χ1n) is 4.56. The first-order chi connectivity index (χ1) is 6.11. The lowest BCUT2D eigenvalue weighted by Gasteiger charge is -2.21. The molecule has 0 saturated heterocycles. The third-order valence-corrected chi connectivity index (χ3v) is 2.06. The van der Waals surface area contributed by atoms with E-state index in [1.807, 2.05) is 10.8 Å². The SMILES string of the molecule is CCCn1ccnc1C(C)(O)CN. The maximum Gasteiger partial charge on any atom is 0.141 e. The molecule has 13 heavy (non-hydrogen) atoms. The van der Waals surface area contributed by atoms with E-state index in [2.05, 4.69) is 11.9 Å². The van der Waals surface area contributed by atoms with Gasteiger partial charge in [0.1, 0.15) is 11.4 Å². The number of aryl methyl sites for hydroxylation is 1. The highest BCUT2D eigenvalue weighted by Crippen LogP contribution is 2.17. The summed E-state index contributed by atoms with van der Waals surface area (Å²) in [6, 6.07) is 0. The lowest BCUT2D eigenvalue weighted by molar-refractivity contribution is 0.0533. The zero-order valence-electron chi connectivity index (χ0n) is 8.20. The van der Waals surface area contributed by atoms with Crippen molar-refractivity contribution < 1.29 is 5.11 Å². The lowest BCUT2D eigenvalue weighted by atomic mass is 10.1. The van der Waals surface area contributed by atoms with Crippen molar-refractivity contribution >= 4 is 0 Å². The number of aliphatic hydroxyl groups is 1. The molecule has 0 saturated carbocycles. The Morgan fingerprint density at radius 1 is 1.69 bits per heavy atom. The average molecular weight is 183 g/mol. The van der Waals surface area contributed by atoms with Crippen LogP contribution in [-0.4, -0.2) is 21.2 Å². The van der Waals surface area contributed by atoms with E-state index < -0.39 is 5.60 Å². The zero-order chi connectivity index (χ0) is 9.90. The highest BCUT2D eigenvalue weighted by atomic mass is 16.3. The minimum atomic E-state index is -1.02. The Bertz CT molecular complexity index is 268. The Morgan fingerprint density at radius 2 is 2.38 bits per heavy atom. The monoisotopic (exact) mass is 183 g/mol. The zero-order valence-corrected chi connectivity index (χ0v) is 8.20. The van der Waals surface area contributed by atoms with Crippen LogP contribution in [0.25, 0.3) is 0 Å². The minimum absolute atomic E-state index is 0.188. The molecule has 0 radical (unpaired) electrons. The summed E-state index contributed by atoms with van der Waals surface area (Å²) in [5, 5.41) is 9.88. The average Bonchev–Trinajstić information content (AvgIpc) is 2.54. The van der Waals surface area contributed by atoms with Gasteiger partial charge in [-0.1, -0.05) is 6.92 Å². The third kappa shape index (κ3) is 2.08. The maximum atomic E-state index is 9.88. The molecular weight excluding hydrogens is 166 g/mol. The van der Waals surface area contributed by atoms with E-state index in [-0.39, 0.29) is 6.54 Å². The molecule has 1 unspecified atom stereocenters. The molecule has 0 bridgehead atoms. The van der Waals surface area contributed by atoms with Gasteiger partial charge in [0.2, 0.25) is 0 Å². The molecule has 1 aromatic heterocycles. The van der Waals surface area contributed by atoms with Gasteiger partial charge >= 0.3 is 0 Å². The molecule has 1 aromatic rings. The van der Waals surface area contributed by atoms with Crippen LogP contribution >= 0.6 is 0 Å². The van der Waals surface area contributed by atoms with Crippen molar-refractivity contribution in [3.8, 4) is 0 Å². The van der Waals surface area contributed by atoms with Crippen molar-refractivity contribution in [1.29, 1.82) is 0 Å². The standard InChI is InChI=1S/C9H17N3O/c1-3-5-12-6-4-11-8(12)9(2,13)7-10/h4,6,13H,3,5,7,10H2,1-2H3. The van der Waals surface area contributed by atoms with E-state index in [0.717, 1.165) is 13.0 Å². The van der Waals surface area contributed by atoms with Gasteiger partial charge < -0.3 is 15.4 Å². The van der Waals surface area contributed by atoms with Gasteiger partial charge in [-0.25, -0.2) is 4.98 Å². The van der Waals surface area contributed by atoms with E-state index in [0.29, 0.717) is 5.82 Å². The first-order valence-corrected chi connectivity index (χ1v) is 4.56. The molecular formula is C9H17N3O. The first kappa shape index (κ1) is 10.2. The van der Waals surface area contributed by atoms with Gasteiger partial charge in [0, 0.05) is 25.5 Å². The van der Waals surface area contributed by atoms with Gasteiger partial charge in [-0.3, -0.25) is 0 Å². The molecule has 1 rings (SSSR count). The summed E-state index contributed by atoms with van der Waals surface area (Å²) in [5.41, 5.74) is 4.44. The summed E-state index contributed by atoms with van der Waals surface area (Å²) in [7, 11) is 0. The molecule has 74 valence electrons. The van der Waals surface area contributed by atoms with Crippen molar-refractivity contribution in [2.75, 3.05) is 6.54 Å². The predicted molar refractivity (Wildman–Crippen MR) is 51.1 cm³/mol. The van der Waals surface area contributed by atoms with Crippen molar-refractivity contribution in [3.05, 3.63) is 18.2 Å². The van der Waals surface area contributed by atoms with Crippen LogP contribution in [0.4, 0.5) is 0 Å². The Labute approximate surface area is 78.4 Å². The van der Waals surface area contributed by atoms with Crippen molar-refractivity contribution in [2.45, 2.75) is 32.4 Å².